The molecule has 0 spiro atoms. The highest BCUT2D eigenvalue weighted by Gasteiger charge is 1.93. The van der Waals surface area contributed by atoms with Crippen LogP contribution in [0.1, 0.15) is 6.92 Å². The Morgan fingerprint density at radius 3 is 2.58 bits per heavy atom. The first-order chi connectivity index (χ1) is 5.56. The lowest BCUT2D eigenvalue weighted by atomic mass is 10.3. The maximum atomic E-state index is 9.83. The van der Waals surface area contributed by atoms with Gasteiger partial charge in [-0.05, 0) is 19.1 Å². The molecule has 0 aliphatic heterocycles. The van der Waals surface area contributed by atoms with Crippen molar-refractivity contribution in [3.8, 4) is 0 Å². The van der Waals surface area contributed by atoms with E-state index < -0.39 is 10.7 Å². The Hall–Kier alpha value is -1.65. The van der Waals surface area contributed by atoms with Crippen LogP contribution in [-0.2, 0) is 0 Å². The number of aliphatic hydroxyl groups is 1. The molecule has 12 heavy (non-hydrogen) atoms. The molecule has 0 bridgehead atoms. The molecule has 0 aliphatic rings. The van der Waals surface area contributed by atoms with E-state index in [1.165, 1.54) is 12.2 Å². The van der Waals surface area contributed by atoms with E-state index >= 15 is 0 Å². The van der Waals surface area contributed by atoms with Gasteiger partial charge in [0.25, 0.3) is 6.20 Å². The number of aliphatic imine (C=N–C) groups is 1. The van der Waals surface area contributed by atoms with Crippen molar-refractivity contribution < 1.29 is 10.0 Å². The number of rotatable bonds is 3. The molecule has 0 unspecified atom stereocenters. The van der Waals surface area contributed by atoms with Crippen LogP contribution in [0.5, 0.6) is 0 Å². The number of hydrogen-bond donors (Lipinski definition) is 1. The van der Waals surface area contributed by atoms with Crippen LogP contribution in [0.15, 0.2) is 29.1 Å². The van der Waals surface area contributed by atoms with Gasteiger partial charge in [-0.15, -0.1) is 0 Å². The van der Waals surface area contributed by atoms with Crippen molar-refractivity contribution in [1.29, 1.82) is 0 Å². The van der Waals surface area contributed by atoms with Crippen LogP contribution in [0.4, 0.5) is 0 Å². The minimum Gasteiger partial charge on any atom is -0.503 e. The van der Waals surface area contributed by atoms with E-state index in [1.54, 1.807) is 14.0 Å². The topological polar surface area (TPSA) is 75.7 Å². The average molecular weight is 170 g/mol. The fraction of sp³-hybridized carbons (Fsp3) is 0.286. The molecule has 1 N–H and O–H groups in total. The first-order valence-corrected chi connectivity index (χ1v) is 3.22. The molecule has 0 aromatic rings. The molecule has 0 aliphatic carbocycles. The molecule has 5 nitrogen and oxygen atoms in total. The van der Waals surface area contributed by atoms with Crippen molar-refractivity contribution >= 4 is 5.71 Å². The fourth-order valence-corrected chi connectivity index (χ4v) is 0.432. The molecule has 0 saturated heterocycles. The van der Waals surface area contributed by atoms with Gasteiger partial charge in [0.05, 0.1) is 4.92 Å². The van der Waals surface area contributed by atoms with E-state index in [2.05, 4.69) is 4.99 Å². The van der Waals surface area contributed by atoms with Crippen molar-refractivity contribution in [1.82, 2.24) is 0 Å². The maximum Gasteiger partial charge on any atom is 0.275 e. The number of nitro groups is 1. The van der Waals surface area contributed by atoms with E-state index in [4.69, 9.17) is 5.11 Å². The summed E-state index contributed by atoms with van der Waals surface area (Å²) in [5.41, 5.74) is 0.679. The van der Waals surface area contributed by atoms with Crippen LogP contribution >= 0.6 is 0 Å². The second-order valence-electron chi connectivity index (χ2n) is 2.04. The third kappa shape index (κ3) is 5.16. The Balaban J connectivity index is 4.27. The minimum absolute atomic E-state index is 0.400. The van der Waals surface area contributed by atoms with Gasteiger partial charge in [-0.25, -0.2) is 0 Å². The van der Waals surface area contributed by atoms with Gasteiger partial charge >= 0.3 is 0 Å². The summed E-state index contributed by atoms with van der Waals surface area (Å²) in [6, 6.07) is 0. The summed E-state index contributed by atoms with van der Waals surface area (Å²) in [5.74, 6) is -0.400. The van der Waals surface area contributed by atoms with Crippen molar-refractivity contribution in [2.75, 3.05) is 7.05 Å². The van der Waals surface area contributed by atoms with Gasteiger partial charge in [0.1, 0.15) is 0 Å². The van der Waals surface area contributed by atoms with Crippen LogP contribution < -0.4 is 0 Å². The van der Waals surface area contributed by atoms with Gasteiger partial charge in [0.15, 0.2) is 5.76 Å². The molecular weight excluding hydrogens is 160 g/mol. The molecule has 0 amide bonds. The molecular formula is C7H10N2O3. The molecule has 0 aromatic heterocycles. The monoisotopic (exact) mass is 170 g/mol. The summed E-state index contributed by atoms with van der Waals surface area (Å²) >= 11 is 0. The molecule has 0 saturated carbocycles. The molecule has 66 valence electrons. The second kappa shape index (κ2) is 5.06. The van der Waals surface area contributed by atoms with Crippen LogP contribution in [0.25, 0.3) is 0 Å². The van der Waals surface area contributed by atoms with E-state index in [-0.39, 0.29) is 0 Å². The van der Waals surface area contributed by atoms with Crippen molar-refractivity contribution in [3.63, 3.8) is 0 Å². The van der Waals surface area contributed by atoms with Gasteiger partial charge < -0.3 is 5.11 Å². The van der Waals surface area contributed by atoms with Gasteiger partial charge in [0, 0.05) is 12.8 Å². The third-order valence-corrected chi connectivity index (χ3v) is 1.09. The Bertz CT molecular complexity index is 253. The lowest BCUT2D eigenvalue weighted by Crippen LogP contribution is -1.88. The first-order valence-electron chi connectivity index (χ1n) is 3.22. The molecule has 0 aromatic carbocycles. The molecule has 0 radical (unpaired) electrons. The molecule has 0 heterocycles. The maximum absolute atomic E-state index is 9.83. The normalized spacial score (nSPS) is 13.8. The van der Waals surface area contributed by atoms with E-state index in [0.29, 0.717) is 11.9 Å². The molecule has 0 fully saturated rings. The summed E-state index contributed by atoms with van der Waals surface area (Å²) in [7, 11) is 1.59. The zero-order valence-corrected chi connectivity index (χ0v) is 6.89. The van der Waals surface area contributed by atoms with Crippen molar-refractivity contribution in [2.24, 2.45) is 4.99 Å². The van der Waals surface area contributed by atoms with E-state index in [9.17, 15) is 10.1 Å². The largest absolute Gasteiger partial charge is 0.503 e. The summed E-state index contributed by atoms with van der Waals surface area (Å²) in [6.45, 7) is 1.72. The minimum atomic E-state index is -0.724. The summed E-state index contributed by atoms with van der Waals surface area (Å²) < 4.78 is 0. The van der Waals surface area contributed by atoms with Gasteiger partial charge in [0.2, 0.25) is 0 Å². The number of hydrogen-bond acceptors (Lipinski definition) is 4. The standard InChI is InChI=1S/C7H10N2O3/c1-6(8-2)3-4-7(10)5-9(11)12/h3-5,10H,1-2H3/b4-3-,7-5-,8-6?. The predicted octanol–water partition coefficient (Wildman–Crippen LogP) is 1.31. The lowest BCUT2D eigenvalue weighted by Gasteiger charge is -1.87. The Morgan fingerprint density at radius 1 is 1.58 bits per heavy atom. The number of nitrogens with zero attached hydrogens (tertiary/aromatic N) is 2. The molecule has 5 heteroatoms. The van der Waals surface area contributed by atoms with Gasteiger partial charge in [-0.2, -0.15) is 0 Å². The quantitative estimate of drug-likeness (QED) is 0.228. The highest BCUT2D eigenvalue weighted by Crippen LogP contribution is 1.91. The lowest BCUT2D eigenvalue weighted by molar-refractivity contribution is -0.404. The van der Waals surface area contributed by atoms with E-state index in [1.807, 2.05) is 0 Å². The van der Waals surface area contributed by atoms with Gasteiger partial charge in [-0.1, -0.05) is 0 Å². The highest BCUT2D eigenvalue weighted by molar-refractivity contribution is 5.92. The smallest absolute Gasteiger partial charge is 0.275 e. The van der Waals surface area contributed by atoms with Crippen molar-refractivity contribution in [3.05, 3.63) is 34.2 Å². The predicted molar refractivity (Wildman–Crippen MR) is 45.9 cm³/mol. The number of allylic oxidation sites excluding steroid dienone is 2. The Morgan fingerprint density at radius 2 is 2.17 bits per heavy atom. The van der Waals surface area contributed by atoms with Crippen LogP contribution in [0, 0.1) is 10.1 Å². The van der Waals surface area contributed by atoms with E-state index in [0.717, 1.165) is 0 Å². The zero-order valence-electron chi connectivity index (χ0n) is 6.89. The van der Waals surface area contributed by atoms with Crippen LogP contribution in [-0.4, -0.2) is 22.8 Å². The number of aliphatic hydroxyl groups excluding tert-OH is 1. The zero-order chi connectivity index (χ0) is 9.56. The van der Waals surface area contributed by atoms with Gasteiger partial charge in [-0.3, -0.25) is 15.1 Å². The first kappa shape index (κ1) is 10.3. The average Bonchev–Trinajstić information content (AvgIpc) is 1.99. The van der Waals surface area contributed by atoms with Crippen LogP contribution in [0.2, 0.25) is 0 Å². The van der Waals surface area contributed by atoms with Crippen LogP contribution in [0.3, 0.4) is 0 Å². The summed E-state index contributed by atoms with van der Waals surface area (Å²) in [4.78, 5) is 12.9. The highest BCUT2D eigenvalue weighted by atomic mass is 16.6. The van der Waals surface area contributed by atoms with Crippen molar-refractivity contribution in [2.45, 2.75) is 6.92 Å². The molecule has 0 rings (SSSR count). The summed E-state index contributed by atoms with van der Waals surface area (Å²) in [6.07, 6.45) is 3.21. The Kier molecular flexibility index (Phi) is 4.36. The third-order valence-electron chi connectivity index (χ3n) is 1.09. The SMILES string of the molecule is CN=C(C)/C=C\C(O)=C\[N+](=O)[O-]. The Labute approximate surface area is 69.9 Å². The summed E-state index contributed by atoms with van der Waals surface area (Å²) in [5, 5.41) is 18.7. The molecule has 0 atom stereocenters. The fourth-order valence-electron chi connectivity index (χ4n) is 0.432. The second-order valence-corrected chi connectivity index (χ2v) is 2.04.